The summed E-state index contributed by atoms with van der Waals surface area (Å²) in [5.74, 6) is 1.80. The van der Waals surface area contributed by atoms with Gasteiger partial charge in [-0.25, -0.2) is 0 Å². The summed E-state index contributed by atoms with van der Waals surface area (Å²) in [6.45, 7) is 3.47. The van der Waals surface area contributed by atoms with Crippen LogP contribution >= 0.6 is 0 Å². The summed E-state index contributed by atoms with van der Waals surface area (Å²) in [5, 5.41) is 4.12. The molecule has 0 aliphatic carbocycles. The van der Waals surface area contributed by atoms with Crippen molar-refractivity contribution in [3.05, 3.63) is 54.1 Å². The first-order valence-corrected chi connectivity index (χ1v) is 7.92. The molecule has 0 fully saturated rings. The van der Waals surface area contributed by atoms with Crippen molar-refractivity contribution in [3.8, 4) is 28.6 Å². The molecule has 5 heteroatoms. The van der Waals surface area contributed by atoms with Crippen molar-refractivity contribution in [2.45, 2.75) is 6.92 Å². The molecule has 0 spiro atoms. The SMILES string of the molecule is Cc1ccccc1-c1noc(-c2ccccc2OCCN(C)C)n1. The predicted molar refractivity (Wildman–Crippen MR) is 94.0 cm³/mol. The lowest BCUT2D eigenvalue weighted by Gasteiger charge is -2.12. The summed E-state index contributed by atoms with van der Waals surface area (Å²) in [5.41, 5.74) is 2.89. The standard InChI is InChI=1S/C19H21N3O2/c1-14-8-4-5-9-15(14)18-20-19(24-21-18)16-10-6-7-11-17(16)23-13-12-22(2)3/h4-11H,12-13H2,1-3H3. The predicted octanol–water partition coefficient (Wildman–Crippen LogP) is 3.65. The summed E-state index contributed by atoms with van der Waals surface area (Å²) < 4.78 is 11.3. The number of likely N-dealkylation sites (N-methyl/N-ethyl adjacent to an activating group) is 1. The monoisotopic (exact) mass is 323 g/mol. The molecule has 1 heterocycles. The van der Waals surface area contributed by atoms with Gasteiger partial charge in [0, 0.05) is 12.1 Å². The number of para-hydroxylation sites is 1. The van der Waals surface area contributed by atoms with Crippen molar-refractivity contribution in [2.75, 3.05) is 27.2 Å². The van der Waals surface area contributed by atoms with E-state index in [9.17, 15) is 0 Å². The maximum atomic E-state index is 5.87. The van der Waals surface area contributed by atoms with Crippen LogP contribution in [0, 0.1) is 6.92 Å². The summed E-state index contributed by atoms with van der Waals surface area (Å²) in [7, 11) is 4.03. The molecule has 0 saturated heterocycles. The first kappa shape index (κ1) is 16.2. The molecule has 0 atom stereocenters. The molecule has 0 unspecified atom stereocenters. The molecule has 0 amide bonds. The minimum atomic E-state index is 0.466. The van der Waals surface area contributed by atoms with Crippen molar-refractivity contribution in [3.63, 3.8) is 0 Å². The van der Waals surface area contributed by atoms with Gasteiger partial charge < -0.3 is 14.2 Å². The van der Waals surface area contributed by atoms with Crippen molar-refractivity contribution in [2.24, 2.45) is 0 Å². The number of benzene rings is 2. The van der Waals surface area contributed by atoms with Crippen LogP contribution in [0.5, 0.6) is 5.75 Å². The van der Waals surface area contributed by atoms with Crippen LogP contribution < -0.4 is 4.74 Å². The minimum Gasteiger partial charge on any atom is -0.491 e. The summed E-state index contributed by atoms with van der Waals surface area (Å²) in [4.78, 5) is 6.62. The Labute approximate surface area is 141 Å². The molecular weight excluding hydrogens is 302 g/mol. The topological polar surface area (TPSA) is 51.4 Å². The molecule has 0 radical (unpaired) electrons. The second kappa shape index (κ2) is 7.27. The Bertz CT molecular complexity index is 812. The Balaban J connectivity index is 1.87. The van der Waals surface area contributed by atoms with Crippen LogP contribution in [0.1, 0.15) is 5.56 Å². The summed E-state index contributed by atoms with van der Waals surface area (Å²) in [6, 6.07) is 15.7. The van der Waals surface area contributed by atoms with Gasteiger partial charge in [-0.15, -0.1) is 0 Å². The van der Waals surface area contributed by atoms with Crippen molar-refractivity contribution in [1.82, 2.24) is 15.0 Å². The Morgan fingerprint density at radius 2 is 1.71 bits per heavy atom. The number of nitrogens with zero attached hydrogens (tertiary/aromatic N) is 3. The van der Waals surface area contributed by atoms with E-state index < -0.39 is 0 Å². The number of hydrogen-bond donors (Lipinski definition) is 0. The quantitative estimate of drug-likeness (QED) is 0.693. The van der Waals surface area contributed by atoms with Crippen LogP contribution in [0.15, 0.2) is 53.1 Å². The van der Waals surface area contributed by atoms with Gasteiger partial charge in [0.2, 0.25) is 5.82 Å². The van der Waals surface area contributed by atoms with Crippen LogP contribution in [-0.4, -0.2) is 42.3 Å². The van der Waals surface area contributed by atoms with Crippen molar-refractivity contribution < 1.29 is 9.26 Å². The highest BCUT2D eigenvalue weighted by atomic mass is 16.5. The van der Waals surface area contributed by atoms with E-state index in [2.05, 4.69) is 15.0 Å². The van der Waals surface area contributed by atoms with Crippen LogP contribution in [0.25, 0.3) is 22.8 Å². The van der Waals surface area contributed by atoms with Gasteiger partial charge in [0.05, 0.1) is 5.56 Å². The van der Waals surface area contributed by atoms with Crippen LogP contribution in [0.3, 0.4) is 0 Å². The second-order valence-corrected chi connectivity index (χ2v) is 5.89. The van der Waals surface area contributed by atoms with E-state index in [1.165, 1.54) is 0 Å². The van der Waals surface area contributed by atoms with E-state index in [-0.39, 0.29) is 0 Å². The number of aryl methyl sites for hydroxylation is 1. The fraction of sp³-hybridized carbons (Fsp3) is 0.263. The molecule has 0 saturated carbocycles. The van der Waals surface area contributed by atoms with Crippen LogP contribution in [0.2, 0.25) is 0 Å². The molecule has 124 valence electrons. The highest BCUT2D eigenvalue weighted by molar-refractivity contribution is 5.66. The van der Waals surface area contributed by atoms with Gasteiger partial charge in [-0.1, -0.05) is 41.6 Å². The van der Waals surface area contributed by atoms with Gasteiger partial charge in [-0.3, -0.25) is 0 Å². The molecule has 1 aromatic heterocycles. The smallest absolute Gasteiger partial charge is 0.262 e. The number of hydrogen-bond acceptors (Lipinski definition) is 5. The molecule has 0 aliphatic heterocycles. The molecular formula is C19H21N3O2. The molecule has 2 aromatic carbocycles. The second-order valence-electron chi connectivity index (χ2n) is 5.89. The first-order chi connectivity index (χ1) is 11.6. The Morgan fingerprint density at radius 1 is 1.00 bits per heavy atom. The largest absolute Gasteiger partial charge is 0.491 e. The Morgan fingerprint density at radius 3 is 2.46 bits per heavy atom. The average Bonchev–Trinajstić information content (AvgIpc) is 3.05. The zero-order valence-electron chi connectivity index (χ0n) is 14.2. The lowest BCUT2D eigenvalue weighted by Crippen LogP contribution is -2.19. The molecule has 3 rings (SSSR count). The van der Waals surface area contributed by atoms with E-state index in [1.54, 1.807) is 0 Å². The normalized spacial score (nSPS) is 11.0. The lowest BCUT2D eigenvalue weighted by molar-refractivity contribution is 0.261. The zero-order chi connectivity index (χ0) is 16.9. The maximum absolute atomic E-state index is 5.87. The van der Waals surface area contributed by atoms with E-state index in [0.717, 1.165) is 29.0 Å². The molecule has 24 heavy (non-hydrogen) atoms. The Hall–Kier alpha value is -2.66. The van der Waals surface area contributed by atoms with Crippen molar-refractivity contribution >= 4 is 0 Å². The molecule has 5 nitrogen and oxygen atoms in total. The minimum absolute atomic E-state index is 0.466. The van der Waals surface area contributed by atoms with Crippen molar-refractivity contribution in [1.29, 1.82) is 0 Å². The highest BCUT2D eigenvalue weighted by Gasteiger charge is 2.15. The molecule has 0 bridgehead atoms. The third-order valence-corrected chi connectivity index (χ3v) is 3.73. The average molecular weight is 323 g/mol. The summed E-state index contributed by atoms with van der Waals surface area (Å²) >= 11 is 0. The van der Waals surface area contributed by atoms with Crippen LogP contribution in [0.4, 0.5) is 0 Å². The van der Waals surface area contributed by atoms with E-state index in [1.807, 2.05) is 69.6 Å². The van der Waals surface area contributed by atoms with Gasteiger partial charge in [-0.05, 0) is 38.7 Å². The summed E-state index contributed by atoms with van der Waals surface area (Å²) in [6.07, 6.45) is 0. The zero-order valence-corrected chi connectivity index (χ0v) is 14.2. The maximum Gasteiger partial charge on any atom is 0.262 e. The third kappa shape index (κ3) is 3.63. The van der Waals surface area contributed by atoms with E-state index in [0.29, 0.717) is 18.3 Å². The number of aromatic nitrogens is 2. The molecule has 3 aromatic rings. The van der Waals surface area contributed by atoms with Crippen LogP contribution in [-0.2, 0) is 0 Å². The number of ether oxygens (including phenoxy) is 1. The van der Waals surface area contributed by atoms with Gasteiger partial charge in [-0.2, -0.15) is 4.98 Å². The third-order valence-electron chi connectivity index (χ3n) is 3.73. The first-order valence-electron chi connectivity index (χ1n) is 7.92. The van der Waals surface area contributed by atoms with Gasteiger partial charge in [0.15, 0.2) is 0 Å². The Kier molecular flexibility index (Phi) is 4.91. The van der Waals surface area contributed by atoms with Gasteiger partial charge >= 0.3 is 0 Å². The fourth-order valence-corrected chi connectivity index (χ4v) is 2.37. The van der Waals surface area contributed by atoms with Gasteiger partial charge in [0.1, 0.15) is 12.4 Å². The lowest BCUT2D eigenvalue weighted by atomic mass is 10.1. The fourth-order valence-electron chi connectivity index (χ4n) is 2.37. The van der Waals surface area contributed by atoms with Gasteiger partial charge in [0.25, 0.3) is 5.89 Å². The molecule has 0 N–H and O–H groups in total. The number of rotatable bonds is 6. The highest BCUT2D eigenvalue weighted by Crippen LogP contribution is 2.30. The van der Waals surface area contributed by atoms with E-state index in [4.69, 9.17) is 9.26 Å². The van der Waals surface area contributed by atoms with E-state index >= 15 is 0 Å². The molecule has 0 aliphatic rings.